The van der Waals surface area contributed by atoms with E-state index in [1.165, 1.54) is 18.3 Å². The predicted molar refractivity (Wildman–Crippen MR) is 76.3 cm³/mol. The summed E-state index contributed by atoms with van der Waals surface area (Å²) in [5.74, 6) is -0.840. The highest BCUT2D eigenvalue weighted by Gasteiger charge is 2.11. The van der Waals surface area contributed by atoms with E-state index in [1.54, 1.807) is 12.1 Å². The third-order valence-electron chi connectivity index (χ3n) is 3.21. The Labute approximate surface area is 117 Å². The Kier molecular flexibility index (Phi) is 4.79. The molecule has 0 bridgehead atoms. The summed E-state index contributed by atoms with van der Waals surface area (Å²) in [6.07, 6.45) is 3.61. The normalized spacial score (nSPS) is 12.4. The Bertz CT molecular complexity index is 584. The molecule has 1 aromatic heterocycles. The van der Waals surface area contributed by atoms with Crippen molar-refractivity contribution in [1.29, 1.82) is 0 Å². The van der Waals surface area contributed by atoms with E-state index in [1.807, 2.05) is 6.92 Å². The van der Waals surface area contributed by atoms with Gasteiger partial charge in [-0.2, -0.15) is 0 Å². The van der Waals surface area contributed by atoms with Gasteiger partial charge in [0.1, 0.15) is 11.6 Å². The maximum Gasteiger partial charge on any atom is 0.142 e. The van der Waals surface area contributed by atoms with Crippen molar-refractivity contribution < 1.29 is 8.78 Å². The second-order valence-corrected chi connectivity index (χ2v) is 4.81. The summed E-state index contributed by atoms with van der Waals surface area (Å²) in [4.78, 5) is 3.77. The fourth-order valence-corrected chi connectivity index (χ4v) is 2.07. The molecule has 106 valence electrons. The molecule has 2 aromatic rings. The number of nitrogens with zero attached hydrogens (tertiary/aromatic N) is 1. The van der Waals surface area contributed by atoms with E-state index in [2.05, 4.69) is 17.2 Å². The molecule has 0 aliphatic carbocycles. The first-order valence-electron chi connectivity index (χ1n) is 6.75. The lowest BCUT2D eigenvalue weighted by Gasteiger charge is -2.15. The van der Waals surface area contributed by atoms with Gasteiger partial charge in [0.05, 0.1) is 6.20 Å². The zero-order valence-electron chi connectivity index (χ0n) is 11.7. The first kappa shape index (κ1) is 14.6. The monoisotopic (exact) mass is 276 g/mol. The van der Waals surface area contributed by atoms with Gasteiger partial charge in [-0.1, -0.05) is 13.0 Å². The number of hydrogen-bond acceptors (Lipinski definition) is 2. The van der Waals surface area contributed by atoms with Crippen LogP contribution < -0.4 is 5.32 Å². The van der Waals surface area contributed by atoms with Gasteiger partial charge >= 0.3 is 0 Å². The molecule has 4 heteroatoms. The van der Waals surface area contributed by atoms with Gasteiger partial charge in [-0.25, -0.2) is 8.78 Å². The van der Waals surface area contributed by atoms with Gasteiger partial charge < -0.3 is 5.32 Å². The number of benzene rings is 1. The number of aromatic nitrogens is 1. The van der Waals surface area contributed by atoms with Crippen LogP contribution in [-0.2, 0) is 0 Å². The van der Waals surface area contributed by atoms with E-state index >= 15 is 0 Å². The lowest BCUT2D eigenvalue weighted by atomic mass is 10.0. The highest BCUT2D eigenvalue weighted by atomic mass is 19.1. The SMILES string of the molecule is CCCNC(C)c1ccc(F)c(-c2cncc(F)c2)c1. The van der Waals surface area contributed by atoms with Crippen LogP contribution in [0.3, 0.4) is 0 Å². The number of pyridine rings is 1. The molecule has 1 N–H and O–H groups in total. The highest BCUT2D eigenvalue weighted by Crippen LogP contribution is 2.26. The lowest BCUT2D eigenvalue weighted by molar-refractivity contribution is 0.568. The minimum atomic E-state index is -0.468. The molecule has 1 aromatic carbocycles. The molecule has 1 unspecified atom stereocenters. The van der Waals surface area contributed by atoms with Gasteiger partial charge in [0.25, 0.3) is 0 Å². The zero-order chi connectivity index (χ0) is 14.5. The molecule has 0 aliphatic rings. The summed E-state index contributed by atoms with van der Waals surface area (Å²) in [6.45, 7) is 5.01. The summed E-state index contributed by atoms with van der Waals surface area (Å²) in [6, 6.07) is 6.33. The summed E-state index contributed by atoms with van der Waals surface area (Å²) >= 11 is 0. The Morgan fingerprint density at radius 2 is 2.00 bits per heavy atom. The zero-order valence-corrected chi connectivity index (χ0v) is 11.7. The molecule has 2 rings (SSSR count). The standard InChI is InChI=1S/C16H18F2N2/c1-3-6-20-11(2)12-4-5-16(18)15(8-12)13-7-14(17)10-19-9-13/h4-5,7-11,20H,3,6H2,1-2H3. The average Bonchev–Trinajstić information content (AvgIpc) is 2.45. The fraction of sp³-hybridized carbons (Fsp3) is 0.312. The highest BCUT2D eigenvalue weighted by molar-refractivity contribution is 5.64. The van der Waals surface area contributed by atoms with Gasteiger partial charge in [0.15, 0.2) is 0 Å². The largest absolute Gasteiger partial charge is 0.310 e. The molecule has 0 spiro atoms. The van der Waals surface area contributed by atoms with Crippen LogP contribution in [0.15, 0.2) is 36.7 Å². The summed E-state index contributed by atoms with van der Waals surface area (Å²) in [5, 5.41) is 3.35. The Morgan fingerprint density at radius 3 is 2.70 bits per heavy atom. The van der Waals surface area contributed by atoms with Crippen LogP contribution in [0.5, 0.6) is 0 Å². The van der Waals surface area contributed by atoms with Crippen molar-refractivity contribution in [2.24, 2.45) is 0 Å². The van der Waals surface area contributed by atoms with Crippen molar-refractivity contribution in [3.8, 4) is 11.1 Å². The minimum absolute atomic E-state index is 0.121. The molecule has 0 fully saturated rings. The molecular formula is C16H18F2N2. The van der Waals surface area contributed by atoms with Crippen molar-refractivity contribution in [3.63, 3.8) is 0 Å². The maximum atomic E-state index is 13.9. The summed E-state index contributed by atoms with van der Waals surface area (Å²) < 4.78 is 27.1. The molecule has 20 heavy (non-hydrogen) atoms. The third-order valence-corrected chi connectivity index (χ3v) is 3.21. The van der Waals surface area contributed by atoms with Crippen LogP contribution in [0.2, 0.25) is 0 Å². The first-order valence-corrected chi connectivity index (χ1v) is 6.75. The van der Waals surface area contributed by atoms with Crippen molar-refractivity contribution >= 4 is 0 Å². The third kappa shape index (κ3) is 3.39. The number of hydrogen-bond donors (Lipinski definition) is 1. The minimum Gasteiger partial charge on any atom is -0.310 e. The van der Waals surface area contributed by atoms with Crippen LogP contribution in [-0.4, -0.2) is 11.5 Å². The van der Waals surface area contributed by atoms with Crippen LogP contribution in [0.1, 0.15) is 31.9 Å². The van der Waals surface area contributed by atoms with Gasteiger partial charge in [-0.15, -0.1) is 0 Å². The molecule has 0 saturated heterocycles. The van der Waals surface area contributed by atoms with E-state index in [4.69, 9.17) is 0 Å². The van der Waals surface area contributed by atoms with Gasteiger partial charge in [0, 0.05) is 23.4 Å². The number of nitrogens with one attached hydrogen (secondary N) is 1. The van der Waals surface area contributed by atoms with Gasteiger partial charge in [-0.3, -0.25) is 4.98 Å². The molecule has 2 nitrogen and oxygen atoms in total. The van der Waals surface area contributed by atoms with E-state index < -0.39 is 5.82 Å². The first-order chi connectivity index (χ1) is 9.61. The molecule has 0 amide bonds. The molecule has 0 aliphatic heterocycles. The predicted octanol–water partition coefficient (Wildman–Crippen LogP) is 4.09. The second-order valence-electron chi connectivity index (χ2n) is 4.81. The molecule has 1 heterocycles. The molecule has 0 radical (unpaired) electrons. The molecule has 1 atom stereocenters. The van der Waals surface area contributed by atoms with Crippen LogP contribution in [0, 0.1) is 11.6 Å². The van der Waals surface area contributed by atoms with E-state index in [9.17, 15) is 8.78 Å². The second kappa shape index (κ2) is 6.57. The molecule has 0 saturated carbocycles. The van der Waals surface area contributed by atoms with E-state index in [0.717, 1.165) is 24.7 Å². The Balaban J connectivity index is 2.34. The van der Waals surface area contributed by atoms with Crippen molar-refractivity contribution in [1.82, 2.24) is 10.3 Å². The van der Waals surface area contributed by atoms with Gasteiger partial charge in [0.2, 0.25) is 0 Å². The Hall–Kier alpha value is -1.81. The lowest BCUT2D eigenvalue weighted by Crippen LogP contribution is -2.19. The quantitative estimate of drug-likeness (QED) is 0.889. The van der Waals surface area contributed by atoms with Crippen LogP contribution in [0.4, 0.5) is 8.78 Å². The maximum absolute atomic E-state index is 13.9. The summed E-state index contributed by atoms with van der Waals surface area (Å²) in [5.41, 5.74) is 1.80. The van der Waals surface area contributed by atoms with Gasteiger partial charge in [-0.05, 0) is 43.7 Å². The topological polar surface area (TPSA) is 24.9 Å². The number of halogens is 2. The summed E-state index contributed by atoms with van der Waals surface area (Å²) in [7, 11) is 0. The van der Waals surface area contributed by atoms with E-state index in [-0.39, 0.29) is 11.9 Å². The Morgan fingerprint density at radius 1 is 1.20 bits per heavy atom. The average molecular weight is 276 g/mol. The van der Waals surface area contributed by atoms with E-state index in [0.29, 0.717) is 11.1 Å². The van der Waals surface area contributed by atoms with Crippen molar-refractivity contribution in [2.45, 2.75) is 26.3 Å². The van der Waals surface area contributed by atoms with Crippen LogP contribution in [0.25, 0.3) is 11.1 Å². The van der Waals surface area contributed by atoms with Crippen LogP contribution >= 0.6 is 0 Å². The van der Waals surface area contributed by atoms with Crippen molar-refractivity contribution in [3.05, 3.63) is 53.9 Å². The van der Waals surface area contributed by atoms with Crippen molar-refractivity contribution in [2.75, 3.05) is 6.54 Å². The number of rotatable bonds is 5. The molecular weight excluding hydrogens is 258 g/mol. The fourth-order valence-electron chi connectivity index (χ4n) is 2.07. The smallest absolute Gasteiger partial charge is 0.142 e.